The normalized spacial score (nSPS) is 18.5. The van der Waals surface area contributed by atoms with Crippen LogP contribution in [0, 0.1) is 0 Å². The Morgan fingerprint density at radius 1 is 1.37 bits per heavy atom. The molecule has 0 aromatic carbocycles. The van der Waals surface area contributed by atoms with Crippen molar-refractivity contribution in [2.45, 2.75) is 63.3 Å². The van der Waals surface area contributed by atoms with Crippen LogP contribution in [0.3, 0.4) is 0 Å². The van der Waals surface area contributed by atoms with Gasteiger partial charge in [0.05, 0.1) is 0 Å². The molecule has 1 heterocycles. The minimum absolute atomic E-state index is 0.0455. The van der Waals surface area contributed by atoms with Crippen molar-refractivity contribution < 1.29 is 4.79 Å². The van der Waals surface area contributed by atoms with Gasteiger partial charge in [0, 0.05) is 15.8 Å². The van der Waals surface area contributed by atoms with Crippen LogP contribution in [0.15, 0.2) is 12.1 Å². The van der Waals surface area contributed by atoms with Crippen LogP contribution < -0.4 is 5.32 Å². The number of alkyl halides is 1. The van der Waals surface area contributed by atoms with E-state index in [-0.39, 0.29) is 11.3 Å². The summed E-state index contributed by atoms with van der Waals surface area (Å²) < 4.78 is 0. The Bertz CT molecular complexity index is 443. The maximum Gasteiger partial charge on any atom is 0.243 e. The maximum absolute atomic E-state index is 12.1. The largest absolute Gasteiger partial charge is 0.352 e. The summed E-state index contributed by atoms with van der Waals surface area (Å²) in [4.78, 5) is 14.3. The first-order valence-electron chi connectivity index (χ1n) is 6.92. The zero-order valence-corrected chi connectivity index (χ0v) is 13.4. The molecule has 1 fully saturated rings. The van der Waals surface area contributed by atoms with E-state index in [0.29, 0.717) is 6.04 Å². The molecule has 4 heteroatoms. The van der Waals surface area contributed by atoms with Gasteiger partial charge in [0.15, 0.2) is 0 Å². The number of hydrogen-bond acceptors (Lipinski definition) is 2. The van der Waals surface area contributed by atoms with Crippen molar-refractivity contribution in [2.75, 3.05) is 0 Å². The highest BCUT2D eigenvalue weighted by molar-refractivity contribution is 7.12. The van der Waals surface area contributed by atoms with E-state index in [2.05, 4.69) is 32.2 Å². The van der Waals surface area contributed by atoms with Crippen LogP contribution in [0.4, 0.5) is 0 Å². The van der Waals surface area contributed by atoms with Crippen molar-refractivity contribution in [1.82, 2.24) is 5.32 Å². The molecule has 0 bridgehead atoms. The summed E-state index contributed by atoms with van der Waals surface area (Å²) in [7, 11) is 0. The second-order valence-electron chi connectivity index (χ2n) is 6.30. The van der Waals surface area contributed by atoms with E-state index < -0.39 is 5.38 Å². The van der Waals surface area contributed by atoms with Crippen LogP contribution in [0.25, 0.3) is 0 Å². The number of hydrogen-bond donors (Lipinski definition) is 1. The highest BCUT2D eigenvalue weighted by Crippen LogP contribution is 2.35. The smallest absolute Gasteiger partial charge is 0.243 e. The highest BCUT2D eigenvalue weighted by Gasteiger charge is 2.25. The summed E-state index contributed by atoms with van der Waals surface area (Å²) in [5, 5.41) is 2.51. The molecule has 1 aliphatic rings. The number of thiophene rings is 1. The van der Waals surface area contributed by atoms with Crippen LogP contribution in [0.5, 0.6) is 0 Å². The van der Waals surface area contributed by atoms with Crippen molar-refractivity contribution in [2.24, 2.45) is 0 Å². The van der Waals surface area contributed by atoms with Crippen LogP contribution in [-0.4, -0.2) is 11.9 Å². The SMILES string of the molecule is CC(C)(C)c1ccc(C(Cl)C(=O)NC2CCCC2)s1. The first-order chi connectivity index (χ1) is 8.88. The van der Waals surface area contributed by atoms with Gasteiger partial charge in [-0.1, -0.05) is 33.6 Å². The summed E-state index contributed by atoms with van der Waals surface area (Å²) in [5.41, 5.74) is 0.113. The Morgan fingerprint density at radius 2 is 2.00 bits per heavy atom. The Balaban J connectivity index is 2.00. The predicted octanol–water partition coefficient (Wildman–Crippen LogP) is 4.38. The number of carbonyl (C=O) groups excluding carboxylic acids is 1. The molecule has 106 valence electrons. The van der Waals surface area contributed by atoms with Gasteiger partial charge in [-0.15, -0.1) is 22.9 Å². The summed E-state index contributed by atoms with van der Waals surface area (Å²) in [6, 6.07) is 4.39. The molecule has 2 rings (SSSR count). The van der Waals surface area contributed by atoms with Crippen molar-refractivity contribution in [3.05, 3.63) is 21.9 Å². The third-order valence-electron chi connectivity index (χ3n) is 3.55. The zero-order chi connectivity index (χ0) is 14.0. The molecule has 0 radical (unpaired) electrons. The van der Waals surface area contributed by atoms with Crippen LogP contribution in [-0.2, 0) is 10.2 Å². The van der Waals surface area contributed by atoms with Crippen molar-refractivity contribution >= 4 is 28.8 Å². The summed E-state index contributed by atoms with van der Waals surface area (Å²) in [6.07, 6.45) is 4.61. The van der Waals surface area contributed by atoms with Crippen LogP contribution >= 0.6 is 22.9 Å². The van der Waals surface area contributed by atoms with E-state index in [9.17, 15) is 4.79 Å². The molecule has 1 aromatic heterocycles. The molecule has 2 nitrogen and oxygen atoms in total. The van der Waals surface area contributed by atoms with E-state index in [1.165, 1.54) is 17.7 Å². The lowest BCUT2D eigenvalue weighted by atomic mass is 9.95. The molecule has 1 atom stereocenters. The minimum Gasteiger partial charge on any atom is -0.352 e. The average molecular weight is 300 g/mol. The molecular formula is C15H22ClNOS. The van der Waals surface area contributed by atoms with Gasteiger partial charge >= 0.3 is 0 Å². The Labute approximate surface area is 124 Å². The Morgan fingerprint density at radius 3 is 2.53 bits per heavy atom. The summed E-state index contributed by atoms with van der Waals surface area (Å²) in [5.74, 6) is -0.0455. The topological polar surface area (TPSA) is 29.1 Å². The second-order valence-corrected chi connectivity index (χ2v) is 7.86. The number of amides is 1. The van der Waals surface area contributed by atoms with Crippen molar-refractivity contribution in [3.8, 4) is 0 Å². The Hall–Kier alpha value is -0.540. The van der Waals surface area contributed by atoms with E-state index in [0.717, 1.165) is 17.7 Å². The van der Waals surface area contributed by atoms with Gasteiger partial charge in [-0.25, -0.2) is 0 Å². The lowest BCUT2D eigenvalue weighted by Gasteiger charge is -2.16. The quantitative estimate of drug-likeness (QED) is 0.824. The molecule has 0 saturated heterocycles. The van der Waals surface area contributed by atoms with E-state index in [1.807, 2.05) is 6.07 Å². The fraction of sp³-hybridized carbons (Fsp3) is 0.667. The lowest BCUT2D eigenvalue weighted by molar-refractivity contribution is -0.121. The number of nitrogens with one attached hydrogen (secondary N) is 1. The van der Waals surface area contributed by atoms with Crippen LogP contribution in [0.1, 0.15) is 61.6 Å². The van der Waals surface area contributed by atoms with E-state index in [4.69, 9.17) is 11.6 Å². The fourth-order valence-corrected chi connectivity index (χ4v) is 3.68. The highest BCUT2D eigenvalue weighted by atomic mass is 35.5. The predicted molar refractivity (Wildman–Crippen MR) is 82.0 cm³/mol. The monoisotopic (exact) mass is 299 g/mol. The molecule has 0 aliphatic heterocycles. The third kappa shape index (κ3) is 3.73. The number of rotatable bonds is 3. The van der Waals surface area contributed by atoms with Gasteiger partial charge in [0.2, 0.25) is 5.91 Å². The van der Waals surface area contributed by atoms with Gasteiger partial charge in [0.1, 0.15) is 5.38 Å². The molecule has 1 aliphatic carbocycles. The van der Waals surface area contributed by atoms with Gasteiger partial charge in [-0.3, -0.25) is 4.79 Å². The number of carbonyl (C=O) groups is 1. The van der Waals surface area contributed by atoms with E-state index >= 15 is 0 Å². The van der Waals surface area contributed by atoms with Gasteiger partial charge in [-0.05, 0) is 30.4 Å². The molecule has 19 heavy (non-hydrogen) atoms. The molecule has 1 N–H and O–H groups in total. The van der Waals surface area contributed by atoms with Crippen molar-refractivity contribution in [1.29, 1.82) is 0 Å². The lowest BCUT2D eigenvalue weighted by Crippen LogP contribution is -2.34. The fourth-order valence-electron chi connectivity index (χ4n) is 2.37. The minimum atomic E-state index is -0.554. The third-order valence-corrected chi connectivity index (χ3v) is 5.69. The van der Waals surface area contributed by atoms with Crippen molar-refractivity contribution in [3.63, 3.8) is 0 Å². The van der Waals surface area contributed by atoms with Gasteiger partial charge < -0.3 is 5.32 Å². The number of halogens is 1. The molecule has 1 unspecified atom stereocenters. The van der Waals surface area contributed by atoms with Gasteiger partial charge in [0.25, 0.3) is 0 Å². The molecule has 1 saturated carbocycles. The summed E-state index contributed by atoms with van der Waals surface area (Å²) in [6.45, 7) is 6.51. The van der Waals surface area contributed by atoms with Crippen LogP contribution in [0.2, 0.25) is 0 Å². The first kappa shape index (κ1) is 14.9. The van der Waals surface area contributed by atoms with Gasteiger partial charge in [-0.2, -0.15) is 0 Å². The molecule has 0 spiro atoms. The standard InChI is InChI=1S/C15H22ClNOS/c1-15(2,3)12-9-8-11(19-12)13(16)14(18)17-10-6-4-5-7-10/h8-10,13H,4-7H2,1-3H3,(H,17,18). The van der Waals surface area contributed by atoms with E-state index in [1.54, 1.807) is 11.3 Å². The first-order valence-corrected chi connectivity index (χ1v) is 8.18. The Kier molecular flexibility index (Phi) is 4.57. The molecular weight excluding hydrogens is 278 g/mol. The molecule has 1 amide bonds. The summed E-state index contributed by atoms with van der Waals surface area (Å²) >= 11 is 7.94. The second kappa shape index (κ2) is 5.84. The maximum atomic E-state index is 12.1. The molecule has 1 aromatic rings. The average Bonchev–Trinajstić information content (AvgIpc) is 2.97. The zero-order valence-electron chi connectivity index (χ0n) is 11.8.